The van der Waals surface area contributed by atoms with Crippen LogP contribution in [0.3, 0.4) is 0 Å². The first-order valence-electron chi connectivity index (χ1n) is 28.9. The second-order valence-corrected chi connectivity index (χ2v) is 26.0. The van der Waals surface area contributed by atoms with Crippen LogP contribution in [-0.2, 0) is 0 Å². The molecule has 4 aliphatic rings. The van der Waals surface area contributed by atoms with Gasteiger partial charge in [-0.1, -0.05) is 126 Å². The average molecular weight is 1030 g/mol. The topological polar surface area (TPSA) is 36.9 Å². The molecule has 6 aromatic rings. The lowest BCUT2D eigenvalue weighted by Gasteiger charge is -2.27. The van der Waals surface area contributed by atoms with E-state index in [-0.39, 0.29) is 0 Å². The van der Waals surface area contributed by atoms with E-state index >= 15 is 0 Å². The fourth-order valence-corrected chi connectivity index (χ4v) is 16.1. The molecule has 0 atom stereocenters. The van der Waals surface area contributed by atoms with Crippen LogP contribution >= 0.6 is 16.8 Å². The summed E-state index contributed by atoms with van der Waals surface area (Å²) in [5, 5.41) is 2.12. The Kier molecular flexibility index (Phi) is 17.2. The van der Waals surface area contributed by atoms with E-state index in [0.717, 1.165) is 67.0 Å². The maximum Gasteiger partial charge on any atom is 0.326 e. The molecule has 0 heterocycles. The molecule has 0 spiro atoms. The minimum atomic E-state index is -1.52. The molecular formula is C68H84O4P2. The molecule has 6 aromatic carbocycles. The summed E-state index contributed by atoms with van der Waals surface area (Å²) in [6.07, 6.45) is 25.9. The molecule has 4 aliphatic carbocycles. The van der Waals surface area contributed by atoms with Gasteiger partial charge in [-0.2, -0.15) is 0 Å². The molecule has 4 nitrogen and oxygen atoms in total. The van der Waals surface area contributed by atoms with Crippen molar-refractivity contribution >= 4 is 27.4 Å². The summed E-state index contributed by atoms with van der Waals surface area (Å²) in [4.78, 5) is 0. The van der Waals surface area contributed by atoms with Crippen molar-refractivity contribution < 1.29 is 18.1 Å². The van der Waals surface area contributed by atoms with Crippen molar-refractivity contribution in [1.82, 2.24) is 0 Å². The monoisotopic (exact) mass is 1030 g/mol. The summed E-state index contributed by atoms with van der Waals surface area (Å²) in [6, 6.07) is 36.7. The number of aryl methyl sites for hydroxylation is 8. The van der Waals surface area contributed by atoms with E-state index in [1.165, 1.54) is 173 Å². The molecule has 0 bridgehead atoms. The highest BCUT2D eigenvalue weighted by Gasteiger charge is 2.28. The summed E-state index contributed by atoms with van der Waals surface area (Å²) in [5.74, 6) is 6.13. The van der Waals surface area contributed by atoms with Crippen LogP contribution in [-0.4, -0.2) is 0 Å². The van der Waals surface area contributed by atoms with Gasteiger partial charge in [0.15, 0.2) is 0 Å². The molecule has 390 valence electrons. The van der Waals surface area contributed by atoms with Gasteiger partial charge in [-0.3, -0.25) is 0 Å². The third-order valence-electron chi connectivity index (χ3n) is 17.6. The molecule has 0 radical (unpaired) electrons. The van der Waals surface area contributed by atoms with Crippen LogP contribution in [0.1, 0.15) is 219 Å². The number of benzene rings is 6. The zero-order chi connectivity index (χ0) is 51.3. The van der Waals surface area contributed by atoms with E-state index in [1.54, 1.807) is 0 Å². The number of rotatable bonds is 15. The minimum Gasteiger partial charge on any atom is -0.435 e. The first-order chi connectivity index (χ1) is 35.9. The van der Waals surface area contributed by atoms with Crippen molar-refractivity contribution in [2.24, 2.45) is 0 Å². The molecule has 4 saturated carbocycles. The fraction of sp³-hybridized carbons (Fsp3) is 0.471. The molecule has 0 saturated heterocycles. The molecule has 0 aliphatic heterocycles. The first-order valence-corrected chi connectivity index (χ1v) is 31.3. The SMILES string of the molecule is Cc1cc(C)c(C2CCCCC2)cc1OP(Oc1cc(C2CCCCC2)c(C)cc1C)c1ccc(-c2ccc(P(Oc3cc(C4CCCCC4)c(C)cc3C)Oc3cc(C4CCCCC4)c(C)cc3C)cc2)cc1. The van der Waals surface area contributed by atoms with Crippen molar-refractivity contribution in [3.63, 3.8) is 0 Å². The smallest absolute Gasteiger partial charge is 0.326 e. The molecular weight excluding hydrogens is 943 g/mol. The van der Waals surface area contributed by atoms with Crippen LogP contribution in [0, 0.1) is 55.4 Å². The van der Waals surface area contributed by atoms with Gasteiger partial charge in [0.2, 0.25) is 0 Å². The summed E-state index contributed by atoms with van der Waals surface area (Å²) >= 11 is 0. The lowest BCUT2D eigenvalue weighted by atomic mass is 9.82. The minimum absolute atomic E-state index is 0.591. The van der Waals surface area contributed by atoms with Crippen molar-refractivity contribution in [3.8, 4) is 34.1 Å². The maximum atomic E-state index is 7.21. The molecule has 0 aromatic heterocycles. The van der Waals surface area contributed by atoms with Crippen molar-refractivity contribution in [3.05, 3.63) is 164 Å². The second kappa shape index (κ2) is 24.2. The van der Waals surface area contributed by atoms with Gasteiger partial charge in [0, 0.05) is 0 Å². The van der Waals surface area contributed by atoms with Gasteiger partial charge in [-0.25, -0.2) is 0 Å². The van der Waals surface area contributed by atoms with E-state index in [0.29, 0.717) is 23.7 Å². The van der Waals surface area contributed by atoms with Gasteiger partial charge in [0.05, 0.1) is 10.6 Å². The van der Waals surface area contributed by atoms with Gasteiger partial charge < -0.3 is 18.1 Å². The highest BCUT2D eigenvalue weighted by atomic mass is 31.2. The van der Waals surface area contributed by atoms with Gasteiger partial charge in [-0.05, 0) is 257 Å². The predicted octanol–water partition coefficient (Wildman–Crippen LogP) is 20.2. The van der Waals surface area contributed by atoms with Crippen molar-refractivity contribution in [2.45, 2.75) is 207 Å². The van der Waals surface area contributed by atoms with E-state index in [4.69, 9.17) is 18.1 Å². The summed E-state index contributed by atoms with van der Waals surface area (Å²) in [5.41, 5.74) is 18.2. The Bertz CT molecular complexity index is 2510. The maximum absolute atomic E-state index is 7.21. The van der Waals surface area contributed by atoms with Crippen LogP contribution in [0.2, 0.25) is 0 Å². The quantitative estimate of drug-likeness (QED) is 0.0961. The van der Waals surface area contributed by atoms with Crippen LogP contribution in [0.4, 0.5) is 0 Å². The molecule has 0 N–H and O–H groups in total. The Balaban J connectivity index is 0.961. The Morgan fingerprint density at radius 1 is 0.270 bits per heavy atom. The summed E-state index contributed by atoms with van der Waals surface area (Å²) in [7, 11) is -3.04. The first kappa shape index (κ1) is 52.8. The van der Waals surface area contributed by atoms with Gasteiger partial charge >= 0.3 is 16.8 Å². The van der Waals surface area contributed by atoms with Crippen molar-refractivity contribution in [2.75, 3.05) is 0 Å². The lowest BCUT2D eigenvalue weighted by molar-refractivity contribution is 0.439. The van der Waals surface area contributed by atoms with Gasteiger partial charge in [0.25, 0.3) is 0 Å². The van der Waals surface area contributed by atoms with Gasteiger partial charge in [-0.15, -0.1) is 0 Å². The summed E-state index contributed by atoms with van der Waals surface area (Å²) in [6.45, 7) is 17.9. The highest BCUT2D eigenvalue weighted by molar-refractivity contribution is 7.57. The predicted molar refractivity (Wildman–Crippen MR) is 314 cm³/mol. The van der Waals surface area contributed by atoms with E-state index in [2.05, 4.69) is 152 Å². The molecule has 0 unspecified atom stereocenters. The number of hydrogen-bond acceptors (Lipinski definition) is 4. The Morgan fingerprint density at radius 3 is 0.703 bits per heavy atom. The molecule has 6 heteroatoms. The highest BCUT2D eigenvalue weighted by Crippen LogP contribution is 2.49. The van der Waals surface area contributed by atoms with E-state index in [9.17, 15) is 0 Å². The third kappa shape index (κ3) is 12.3. The molecule has 0 amide bonds. The van der Waals surface area contributed by atoms with Crippen LogP contribution in [0.5, 0.6) is 23.0 Å². The Hall–Kier alpha value is -4.62. The molecule has 10 rings (SSSR count). The Labute approximate surface area is 448 Å². The third-order valence-corrected chi connectivity index (χ3v) is 20.5. The zero-order valence-electron chi connectivity index (χ0n) is 46.2. The van der Waals surface area contributed by atoms with E-state index < -0.39 is 16.8 Å². The standard InChI is InChI=1S/C68H84O4P2/c1-45-37-49(5)65(41-61(45)55-21-13-9-14-22-55)69-73(70-66-42-62(46(2)38-50(66)6)56-23-15-10-16-24-56)59-33-29-53(30-34-59)54-31-35-60(36-32-54)74(71-67-43-63(47(3)39-51(67)7)57-25-17-11-18-26-57)72-68-44-64(48(4)40-52(68)8)58-27-19-12-20-28-58/h29-44,55-58H,9-28H2,1-8H3. The van der Waals surface area contributed by atoms with Crippen LogP contribution in [0.15, 0.2) is 97.1 Å². The Morgan fingerprint density at radius 2 is 0.486 bits per heavy atom. The molecule has 74 heavy (non-hydrogen) atoms. The van der Waals surface area contributed by atoms with Gasteiger partial charge in [0.1, 0.15) is 23.0 Å². The summed E-state index contributed by atoms with van der Waals surface area (Å²) < 4.78 is 28.8. The van der Waals surface area contributed by atoms with Crippen molar-refractivity contribution in [1.29, 1.82) is 0 Å². The lowest BCUT2D eigenvalue weighted by Crippen LogP contribution is -2.13. The normalized spacial score (nSPS) is 17.5. The largest absolute Gasteiger partial charge is 0.435 e. The molecule has 4 fully saturated rings. The average Bonchev–Trinajstić information content (AvgIpc) is 3.42. The second-order valence-electron chi connectivity index (χ2n) is 23.2. The van der Waals surface area contributed by atoms with E-state index in [1.807, 2.05) is 0 Å². The zero-order valence-corrected chi connectivity index (χ0v) is 48.0. The fourth-order valence-electron chi connectivity index (χ4n) is 13.4. The van der Waals surface area contributed by atoms with Crippen LogP contribution < -0.4 is 28.7 Å². The number of hydrogen-bond donors (Lipinski definition) is 0. The van der Waals surface area contributed by atoms with Crippen LogP contribution in [0.25, 0.3) is 11.1 Å².